The van der Waals surface area contributed by atoms with Crippen LogP contribution in [0, 0.1) is 0 Å². The van der Waals surface area contributed by atoms with Crippen LogP contribution < -0.4 is 5.46 Å². The van der Waals surface area contributed by atoms with Gasteiger partial charge in [-0.3, -0.25) is 4.79 Å². The first-order valence-corrected chi connectivity index (χ1v) is 9.10. The van der Waals surface area contributed by atoms with Crippen LogP contribution in [0.3, 0.4) is 0 Å². The lowest BCUT2D eigenvalue weighted by Gasteiger charge is -2.32. The third-order valence-corrected chi connectivity index (χ3v) is 5.89. The van der Waals surface area contributed by atoms with Crippen molar-refractivity contribution in [1.82, 2.24) is 14.7 Å². The number of rotatable bonds is 3. The quantitative estimate of drug-likeness (QED) is 0.747. The number of halogens is 2. The van der Waals surface area contributed by atoms with E-state index in [9.17, 15) is 4.79 Å². The molecule has 1 aromatic heterocycles. The van der Waals surface area contributed by atoms with E-state index in [1.165, 1.54) is 9.58 Å². The summed E-state index contributed by atoms with van der Waals surface area (Å²) in [5, 5.41) is 5.73. The Labute approximate surface area is 163 Å². The van der Waals surface area contributed by atoms with E-state index in [1.807, 2.05) is 39.8 Å². The van der Waals surface area contributed by atoms with Crippen molar-refractivity contribution in [1.29, 1.82) is 0 Å². The smallest absolute Gasteiger partial charge is 0.399 e. The largest absolute Gasteiger partial charge is 0.496 e. The maximum absolute atomic E-state index is 12.0. The average molecular weight is 398 g/mol. The predicted molar refractivity (Wildman–Crippen MR) is 104 cm³/mol. The number of hydrogen-bond donors (Lipinski definition) is 0. The maximum atomic E-state index is 12.0. The molecule has 1 saturated heterocycles. The van der Waals surface area contributed by atoms with E-state index in [0.29, 0.717) is 26.5 Å². The summed E-state index contributed by atoms with van der Waals surface area (Å²) in [6.45, 7) is 7.98. The van der Waals surface area contributed by atoms with Gasteiger partial charge in [0, 0.05) is 19.6 Å². The fraction of sp³-hybridized carbons (Fsp3) is 0.529. The number of amides is 1. The van der Waals surface area contributed by atoms with Gasteiger partial charge in [0.1, 0.15) is 11.7 Å². The molecule has 0 radical (unpaired) electrons. The van der Waals surface area contributed by atoms with Crippen LogP contribution in [0.15, 0.2) is 12.1 Å². The van der Waals surface area contributed by atoms with Crippen LogP contribution in [0.1, 0.15) is 27.7 Å². The molecule has 3 rings (SSSR count). The Morgan fingerprint density at radius 3 is 2.31 bits per heavy atom. The van der Waals surface area contributed by atoms with Crippen molar-refractivity contribution in [2.24, 2.45) is 0 Å². The van der Waals surface area contributed by atoms with E-state index in [0.717, 1.165) is 0 Å². The predicted octanol–water partition coefficient (Wildman–Crippen LogP) is 2.73. The van der Waals surface area contributed by atoms with Crippen molar-refractivity contribution in [2.45, 2.75) is 45.4 Å². The van der Waals surface area contributed by atoms with Gasteiger partial charge >= 0.3 is 7.12 Å². The lowest BCUT2D eigenvalue weighted by Crippen LogP contribution is -2.41. The zero-order valence-electron chi connectivity index (χ0n) is 15.8. The van der Waals surface area contributed by atoms with Gasteiger partial charge in [-0.05, 0) is 33.8 Å². The molecule has 26 heavy (non-hydrogen) atoms. The summed E-state index contributed by atoms with van der Waals surface area (Å²) in [5.74, 6) is -0.109. The Balaban J connectivity index is 2.02. The minimum Gasteiger partial charge on any atom is -0.399 e. The Morgan fingerprint density at radius 1 is 1.19 bits per heavy atom. The van der Waals surface area contributed by atoms with E-state index >= 15 is 0 Å². The molecule has 6 nitrogen and oxygen atoms in total. The average Bonchev–Trinajstić information content (AvgIpc) is 2.93. The van der Waals surface area contributed by atoms with E-state index in [-0.39, 0.29) is 12.5 Å². The van der Waals surface area contributed by atoms with Gasteiger partial charge in [-0.15, -0.1) is 0 Å². The van der Waals surface area contributed by atoms with Crippen LogP contribution >= 0.6 is 23.2 Å². The number of fused-ring (bicyclic) bond motifs is 1. The number of aromatic nitrogens is 2. The molecule has 0 spiro atoms. The van der Waals surface area contributed by atoms with E-state index in [4.69, 9.17) is 32.5 Å². The van der Waals surface area contributed by atoms with Crippen LogP contribution in [0.25, 0.3) is 10.9 Å². The molecule has 0 bridgehead atoms. The number of nitrogens with zero attached hydrogens (tertiary/aromatic N) is 3. The van der Waals surface area contributed by atoms with Gasteiger partial charge in [-0.1, -0.05) is 29.3 Å². The summed E-state index contributed by atoms with van der Waals surface area (Å²) in [6, 6.07) is 3.64. The molecule has 0 saturated carbocycles. The lowest BCUT2D eigenvalue weighted by atomic mass is 9.78. The molecule has 2 heterocycles. The Bertz CT molecular complexity index is 864. The second-order valence-electron chi connectivity index (χ2n) is 7.69. The highest BCUT2D eigenvalue weighted by molar-refractivity contribution is 6.67. The highest BCUT2D eigenvalue weighted by atomic mass is 35.5. The van der Waals surface area contributed by atoms with Crippen molar-refractivity contribution in [3.8, 4) is 0 Å². The zero-order chi connectivity index (χ0) is 19.4. The SMILES string of the molecule is CN(C)C(=O)Cn1nc2ccc(B3OC(C)(C)C(C)(C)O3)c(Cl)c2c1Cl. The third kappa shape index (κ3) is 3.11. The Kier molecular flexibility index (Phi) is 4.80. The molecule has 1 fully saturated rings. The summed E-state index contributed by atoms with van der Waals surface area (Å²) < 4.78 is 13.6. The zero-order valence-corrected chi connectivity index (χ0v) is 17.3. The molecule has 2 aromatic rings. The molecule has 140 valence electrons. The number of carbonyl (C=O) groups is 1. The summed E-state index contributed by atoms with van der Waals surface area (Å²) in [5.41, 5.74) is 0.370. The van der Waals surface area contributed by atoms with Crippen LogP contribution in [0.4, 0.5) is 0 Å². The first-order chi connectivity index (χ1) is 11.9. The molecule has 0 unspecified atom stereocenters. The van der Waals surface area contributed by atoms with Gasteiger partial charge in [-0.25, -0.2) is 4.68 Å². The Morgan fingerprint density at radius 2 is 1.77 bits per heavy atom. The lowest BCUT2D eigenvalue weighted by molar-refractivity contribution is -0.129. The van der Waals surface area contributed by atoms with E-state index in [2.05, 4.69) is 5.10 Å². The molecule has 1 aliphatic rings. The van der Waals surface area contributed by atoms with Crippen LogP contribution in [0.5, 0.6) is 0 Å². The highest BCUT2D eigenvalue weighted by Gasteiger charge is 2.52. The summed E-state index contributed by atoms with van der Waals surface area (Å²) in [4.78, 5) is 13.5. The van der Waals surface area contributed by atoms with E-state index < -0.39 is 18.3 Å². The van der Waals surface area contributed by atoms with Gasteiger partial charge in [0.05, 0.1) is 27.1 Å². The molecular formula is C17H22BCl2N3O3. The first-order valence-electron chi connectivity index (χ1n) is 8.35. The van der Waals surface area contributed by atoms with Crippen molar-refractivity contribution in [3.63, 3.8) is 0 Å². The van der Waals surface area contributed by atoms with Crippen LogP contribution in [-0.4, -0.2) is 53.0 Å². The molecule has 1 amide bonds. The second-order valence-corrected chi connectivity index (χ2v) is 8.42. The molecule has 9 heteroatoms. The molecule has 0 N–H and O–H groups in total. The van der Waals surface area contributed by atoms with Crippen molar-refractivity contribution in [3.05, 3.63) is 22.3 Å². The highest BCUT2D eigenvalue weighted by Crippen LogP contribution is 2.38. The summed E-state index contributed by atoms with van der Waals surface area (Å²) in [6.07, 6.45) is 0. The van der Waals surface area contributed by atoms with Gasteiger partial charge in [0.15, 0.2) is 0 Å². The summed E-state index contributed by atoms with van der Waals surface area (Å²) >= 11 is 13.1. The maximum Gasteiger partial charge on any atom is 0.496 e. The molecule has 1 aliphatic heterocycles. The van der Waals surface area contributed by atoms with Crippen molar-refractivity contribution in [2.75, 3.05) is 14.1 Å². The molecule has 0 aliphatic carbocycles. The van der Waals surface area contributed by atoms with Crippen molar-refractivity contribution >= 4 is 52.6 Å². The number of carbonyl (C=O) groups excluding carboxylic acids is 1. The third-order valence-electron chi connectivity index (χ3n) is 5.10. The van der Waals surface area contributed by atoms with Gasteiger partial charge < -0.3 is 14.2 Å². The minimum absolute atomic E-state index is 0.0443. The fourth-order valence-electron chi connectivity index (χ4n) is 2.69. The van der Waals surface area contributed by atoms with Gasteiger partial charge in [-0.2, -0.15) is 5.10 Å². The number of likely N-dealkylation sites (N-methyl/N-ethyl adjacent to an activating group) is 1. The topological polar surface area (TPSA) is 56.6 Å². The minimum atomic E-state index is -0.597. The van der Waals surface area contributed by atoms with Crippen LogP contribution in [-0.2, 0) is 20.6 Å². The molecule has 1 aromatic carbocycles. The normalized spacial score (nSPS) is 18.5. The first kappa shape index (κ1) is 19.5. The standard InChI is InChI=1S/C17H22BCl2N3O3/c1-16(2)17(3,4)26-18(25-16)10-7-8-11-13(14(10)19)15(20)23(21-11)9-12(24)22(5)6/h7-8H,9H2,1-6H3. The number of hydrogen-bond acceptors (Lipinski definition) is 4. The number of benzene rings is 1. The van der Waals surface area contributed by atoms with Crippen molar-refractivity contribution < 1.29 is 14.1 Å². The molecular weight excluding hydrogens is 376 g/mol. The van der Waals surface area contributed by atoms with Gasteiger partial charge in [0.2, 0.25) is 5.91 Å². The second kappa shape index (κ2) is 6.41. The summed E-state index contributed by atoms with van der Waals surface area (Å²) in [7, 11) is 2.77. The monoisotopic (exact) mass is 397 g/mol. The Hall–Kier alpha value is -1.28. The van der Waals surface area contributed by atoms with Gasteiger partial charge in [0.25, 0.3) is 0 Å². The molecule has 0 atom stereocenters. The van der Waals surface area contributed by atoms with E-state index in [1.54, 1.807) is 14.1 Å². The fourth-order valence-corrected chi connectivity index (χ4v) is 3.37. The van der Waals surface area contributed by atoms with Crippen LogP contribution in [0.2, 0.25) is 10.2 Å².